The molecule has 0 amide bonds. The molecule has 0 spiro atoms. The molecule has 6 nitrogen and oxygen atoms in total. The average Bonchev–Trinajstić information content (AvgIpc) is 3.16. The van der Waals surface area contributed by atoms with Gasteiger partial charge < -0.3 is 4.74 Å². The van der Waals surface area contributed by atoms with Crippen molar-refractivity contribution in [3.8, 4) is 0 Å². The summed E-state index contributed by atoms with van der Waals surface area (Å²) in [4.78, 5) is 33.6. The topological polar surface area (TPSA) is 74.1 Å². The van der Waals surface area contributed by atoms with E-state index in [9.17, 15) is 9.59 Å². The lowest BCUT2D eigenvalue weighted by Gasteiger charge is -2.12. The van der Waals surface area contributed by atoms with Gasteiger partial charge in [-0.15, -0.1) is 11.3 Å². The van der Waals surface area contributed by atoms with Crippen molar-refractivity contribution in [1.29, 1.82) is 0 Å². The molecule has 2 aromatic heterocycles. The van der Waals surface area contributed by atoms with E-state index in [1.807, 2.05) is 32.0 Å². The van der Waals surface area contributed by atoms with Crippen LogP contribution in [0.3, 0.4) is 0 Å². The molecule has 0 saturated carbocycles. The molecule has 0 saturated heterocycles. The van der Waals surface area contributed by atoms with Gasteiger partial charge in [-0.2, -0.15) is 0 Å². The van der Waals surface area contributed by atoms with Gasteiger partial charge in [-0.05, 0) is 26.3 Å². The second-order valence-electron chi connectivity index (χ2n) is 6.62. The summed E-state index contributed by atoms with van der Waals surface area (Å²) in [7, 11) is 1.74. The largest absolute Gasteiger partial charge is 0.461 e. The molecule has 0 atom stereocenters. The van der Waals surface area contributed by atoms with Crippen LogP contribution in [-0.4, -0.2) is 27.1 Å². The molecule has 0 aliphatic rings. The van der Waals surface area contributed by atoms with Gasteiger partial charge in [0.25, 0.3) is 5.56 Å². The van der Waals surface area contributed by atoms with Crippen LogP contribution in [0.1, 0.15) is 44.8 Å². The third-order valence-electron chi connectivity index (χ3n) is 4.37. The van der Waals surface area contributed by atoms with Crippen molar-refractivity contribution in [1.82, 2.24) is 14.5 Å². The number of aryl methyl sites for hydroxylation is 2. The highest BCUT2D eigenvalue weighted by atomic mass is 32.2. The van der Waals surface area contributed by atoms with Crippen LogP contribution >= 0.6 is 23.1 Å². The predicted octanol–water partition coefficient (Wildman–Crippen LogP) is 3.91. The zero-order chi connectivity index (χ0) is 21.0. The fourth-order valence-electron chi connectivity index (χ4n) is 2.89. The molecule has 152 valence electrons. The van der Waals surface area contributed by atoms with Crippen LogP contribution in [0.15, 0.2) is 39.6 Å². The van der Waals surface area contributed by atoms with Crippen LogP contribution in [0.5, 0.6) is 0 Å². The van der Waals surface area contributed by atoms with Crippen LogP contribution in [0.2, 0.25) is 0 Å². The SMILES string of the molecule is CCOC(=O)c1csc(CSc2nc(C)c(Cc3cccc(C)c3)c(=O)n2C)n1. The molecule has 8 heteroatoms. The number of carbonyl (C=O) groups is 1. The van der Waals surface area contributed by atoms with Gasteiger partial charge in [-0.25, -0.2) is 14.8 Å². The van der Waals surface area contributed by atoms with Crippen molar-refractivity contribution < 1.29 is 9.53 Å². The molecule has 2 heterocycles. The highest BCUT2D eigenvalue weighted by Crippen LogP contribution is 2.23. The number of thioether (sulfide) groups is 1. The number of hydrogen-bond acceptors (Lipinski definition) is 7. The average molecular weight is 430 g/mol. The maximum absolute atomic E-state index is 12.9. The molecule has 0 aliphatic heterocycles. The number of benzene rings is 1. The third-order valence-corrected chi connectivity index (χ3v) is 6.45. The summed E-state index contributed by atoms with van der Waals surface area (Å²) in [5.41, 5.74) is 4.00. The minimum atomic E-state index is -0.415. The minimum absolute atomic E-state index is 0.0344. The molecule has 0 radical (unpaired) electrons. The van der Waals surface area contributed by atoms with Crippen molar-refractivity contribution in [2.24, 2.45) is 7.05 Å². The molecule has 0 bridgehead atoms. The van der Waals surface area contributed by atoms with Crippen molar-refractivity contribution in [2.75, 3.05) is 6.61 Å². The van der Waals surface area contributed by atoms with E-state index in [1.165, 1.54) is 28.7 Å². The van der Waals surface area contributed by atoms with E-state index in [2.05, 4.69) is 16.0 Å². The number of esters is 1. The molecule has 0 N–H and O–H groups in total. The minimum Gasteiger partial charge on any atom is -0.461 e. The highest BCUT2D eigenvalue weighted by Gasteiger charge is 2.15. The van der Waals surface area contributed by atoms with Gasteiger partial charge in [0.15, 0.2) is 10.9 Å². The fourth-order valence-corrected chi connectivity index (χ4v) is 4.68. The maximum Gasteiger partial charge on any atom is 0.357 e. The van der Waals surface area contributed by atoms with Crippen LogP contribution in [-0.2, 0) is 24.0 Å². The lowest BCUT2D eigenvalue weighted by Crippen LogP contribution is -2.25. The Balaban J connectivity index is 1.76. The molecule has 0 aliphatic carbocycles. The van der Waals surface area contributed by atoms with E-state index in [-0.39, 0.29) is 5.56 Å². The van der Waals surface area contributed by atoms with Gasteiger partial charge in [-0.1, -0.05) is 41.6 Å². The Morgan fingerprint density at radius 2 is 2.07 bits per heavy atom. The molecule has 0 fully saturated rings. The smallest absolute Gasteiger partial charge is 0.357 e. The summed E-state index contributed by atoms with van der Waals surface area (Å²) in [5, 5.41) is 3.11. The summed E-state index contributed by atoms with van der Waals surface area (Å²) in [6.45, 7) is 6.00. The van der Waals surface area contributed by atoms with Crippen LogP contribution in [0.4, 0.5) is 0 Å². The van der Waals surface area contributed by atoms with E-state index in [0.29, 0.717) is 35.2 Å². The quantitative estimate of drug-likeness (QED) is 0.322. The number of nitrogens with zero attached hydrogens (tertiary/aromatic N) is 3. The Morgan fingerprint density at radius 1 is 1.28 bits per heavy atom. The van der Waals surface area contributed by atoms with Gasteiger partial charge >= 0.3 is 5.97 Å². The zero-order valence-electron chi connectivity index (χ0n) is 16.9. The first kappa shape index (κ1) is 21.3. The van der Waals surface area contributed by atoms with Crippen LogP contribution in [0.25, 0.3) is 0 Å². The van der Waals surface area contributed by atoms with Crippen LogP contribution < -0.4 is 5.56 Å². The summed E-state index contributed by atoms with van der Waals surface area (Å²) in [6.07, 6.45) is 0.563. The highest BCUT2D eigenvalue weighted by molar-refractivity contribution is 7.98. The molecule has 29 heavy (non-hydrogen) atoms. The lowest BCUT2D eigenvalue weighted by atomic mass is 10.0. The van der Waals surface area contributed by atoms with Gasteiger partial charge in [0, 0.05) is 30.1 Å². The lowest BCUT2D eigenvalue weighted by molar-refractivity contribution is 0.0520. The number of aromatic nitrogens is 3. The second-order valence-corrected chi connectivity index (χ2v) is 8.51. The third kappa shape index (κ3) is 5.13. The summed E-state index contributed by atoms with van der Waals surface area (Å²) in [6, 6.07) is 8.16. The first-order chi connectivity index (χ1) is 13.9. The number of carbonyl (C=O) groups excluding carboxylic acids is 1. The summed E-state index contributed by atoms with van der Waals surface area (Å²) >= 11 is 2.83. The number of hydrogen-bond donors (Lipinski definition) is 0. The Kier molecular flexibility index (Phi) is 6.87. The first-order valence-electron chi connectivity index (χ1n) is 9.25. The summed E-state index contributed by atoms with van der Waals surface area (Å²) < 4.78 is 6.55. The number of rotatable bonds is 7. The van der Waals surface area contributed by atoms with Crippen molar-refractivity contribution in [3.05, 3.63) is 73.1 Å². The van der Waals surface area contributed by atoms with Gasteiger partial charge in [0.05, 0.1) is 12.4 Å². The van der Waals surface area contributed by atoms with Crippen molar-refractivity contribution in [3.63, 3.8) is 0 Å². The van der Waals surface area contributed by atoms with Gasteiger partial charge in [0.2, 0.25) is 0 Å². The predicted molar refractivity (Wildman–Crippen MR) is 116 cm³/mol. The summed E-state index contributed by atoms with van der Waals surface area (Å²) in [5.74, 6) is 0.114. The molecular weight excluding hydrogens is 406 g/mol. The normalized spacial score (nSPS) is 10.9. The van der Waals surface area contributed by atoms with Crippen LogP contribution in [0, 0.1) is 13.8 Å². The second kappa shape index (κ2) is 9.37. The van der Waals surface area contributed by atoms with E-state index in [0.717, 1.165) is 16.3 Å². The van der Waals surface area contributed by atoms with E-state index < -0.39 is 5.97 Å². The van der Waals surface area contributed by atoms with Crippen molar-refractivity contribution in [2.45, 2.75) is 38.1 Å². The Labute approximate surface area is 178 Å². The van der Waals surface area contributed by atoms with Gasteiger partial charge in [0.1, 0.15) is 5.01 Å². The Hall–Kier alpha value is -2.45. The molecule has 3 rings (SSSR count). The zero-order valence-corrected chi connectivity index (χ0v) is 18.5. The standard InChI is InChI=1S/C21H23N3O3S2/c1-5-27-20(26)17-11-28-18(23-17)12-29-21-22-14(3)16(19(25)24(21)4)10-15-8-6-7-13(2)9-15/h6-9,11H,5,10,12H2,1-4H3. The number of thiazole rings is 1. The molecular formula is C21H23N3O3S2. The number of ether oxygens (including phenoxy) is 1. The maximum atomic E-state index is 12.9. The first-order valence-corrected chi connectivity index (χ1v) is 11.1. The van der Waals surface area contributed by atoms with E-state index in [1.54, 1.807) is 23.9 Å². The van der Waals surface area contributed by atoms with E-state index in [4.69, 9.17) is 4.74 Å². The van der Waals surface area contributed by atoms with Gasteiger partial charge in [-0.3, -0.25) is 9.36 Å². The molecule has 0 unspecified atom stereocenters. The fraction of sp³-hybridized carbons (Fsp3) is 0.333. The Bertz CT molecular complexity index is 1090. The van der Waals surface area contributed by atoms with Crippen molar-refractivity contribution >= 4 is 29.1 Å². The van der Waals surface area contributed by atoms with E-state index >= 15 is 0 Å². The molecule has 3 aromatic rings. The Morgan fingerprint density at radius 3 is 2.79 bits per heavy atom. The monoisotopic (exact) mass is 429 g/mol. The molecule has 1 aromatic carbocycles.